The van der Waals surface area contributed by atoms with Crippen LogP contribution >= 0.6 is 7.82 Å². The monoisotopic (exact) mass is 410 g/mol. The van der Waals surface area contributed by atoms with E-state index in [4.69, 9.17) is 23.8 Å². The molecule has 0 aliphatic heterocycles. The van der Waals surface area contributed by atoms with Gasteiger partial charge in [-0.05, 0) is 47.9 Å². The molecule has 0 bridgehead atoms. The van der Waals surface area contributed by atoms with Crippen molar-refractivity contribution in [2.45, 2.75) is 20.1 Å². The van der Waals surface area contributed by atoms with Crippen molar-refractivity contribution in [2.24, 2.45) is 0 Å². The predicted octanol–water partition coefficient (Wildman–Crippen LogP) is 2.72. The van der Waals surface area contributed by atoms with Gasteiger partial charge in [-0.2, -0.15) is 0 Å². The van der Waals surface area contributed by atoms with Crippen LogP contribution in [0.1, 0.15) is 29.2 Å². The maximum Gasteiger partial charge on any atom is 0.524 e. The number of phosphoric ester groups is 1. The van der Waals surface area contributed by atoms with Crippen LogP contribution in [0.15, 0.2) is 30.3 Å². The predicted molar refractivity (Wildman–Crippen MR) is 104 cm³/mol. The van der Waals surface area contributed by atoms with Gasteiger partial charge in [-0.25, -0.2) is 4.57 Å². The summed E-state index contributed by atoms with van der Waals surface area (Å²) in [7, 11) is -3.26. The van der Waals surface area contributed by atoms with E-state index in [1.165, 1.54) is 13.2 Å². The molecule has 0 amide bonds. The molecule has 0 fully saturated rings. The van der Waals surface area contributed by atoms with Crippen LogP contribution in [0.2, 0.25) is 0 Å². The van der Waals surface area contributed by atoms with E-state index in [0.29, 0.717) is 34.6 Å². The minimum absolute atomic E-state index is 0.0680. The second kappa shape index (κ2) is 9.73. The third kappa shape index (κ3) is 5.82. The fraction of sp³-hybridized carbons (Fsp3) is 0.263. The summed E-state index contributed by atoms with van der Waals surface area (Å²) in [6.07, 6.45) is 3.44. The van der Waals surface area contributed by atoms with Gasteiger partial charge in [0.05, 0.1) is 26.9 Å². The summed E-state index contributed by atoms with van der Waals surface area (Å²) in [5, 5.41) is 19.0. The zero-order valence-electron chi connectivity index (χ0n) is 15.5. The Labute approximate surface area is 162 Å². The number of aliphatic hydroxyl groups is 2. The van der Waals surface area contributed by atoms with Gasteiger partial charge in [0.15, 0.2) is 11.5 Å². The first kappa shape index (κ1) is 21.9. The lowest BCUT2D eigenvalue weighted by Gasteiger charge is -2.13. The van der Waals surface area contributed by atoms with E-state index in [-0.39, 0.29) is 24.7 Å². The molecule has 0 atom stereocenters. The van der Waals surface area contributed by atoms with Crippen molar-refractivity contribution in [2.75, 3.05) is 13.7 Å². The highest BCUT2D eigenvalue weighted by molar-refractivity contribution is 7.46. The highest BCUT2D eigenvalue weighted by Gasteiger charge is 2.19. The van der Waals surface area contributed by atoms with E-state index < -0.39 is 7.82 Å². The van der Waals surface area contributed by atoms with Gasteiger partial charge in [0.1, 0.15) is 5.75 Å². The second-order valence-corrected chi connectivity index (χ2v) is 6.90. The SMILES string of the molecule is CCOc1ccc(C=Cc2cc(CO)c(CO)c(OC)c2)cc1OP(=O)(O)O. The molecule has 0 spiro atoms. The molecule has 0 unspecified atom stereocenters. The van der Waals surface area contributed by atoms with E-state index in [1.54, 1.807) is 43.3 Å². The Morgan fingerprint density at radius 1 is 0.964 bits per heavy atom. The lowest BCUT2D eigenvalue weighted by Crippen LogP contribution is -1.99. The number of rotatable bonds is 9. The molecular weight excluding hydrogens is 387 g/mol. The van der Waals surface area contributed by atoms with Crippen LogP contribution in [0.3, 0.4) is 0 Å². The molecule has 0 aliphatic carbocycles. The van der Waals surface area contributed by atoms with Crippen molar-refractivity contribution < 1.29 is 38.6 Å². The first-order chi connectivity index (χ1) is 13.3. The number of hydrogen-bond acceptors (Lipinski definition) is 6. The molecule has 0 heterocycles. The summed E-state index contributed by atoms with van der Waals surface area (Å²) < 4.78 is 26.5. The van der Waals surface area contributed by atoms with Crippen LogP contribution in [0.25, 0.3) is 12.2 Å². The van der Waals surface area contributed by atoms with Crippen LogP contribution in [0.4, 0.5) is 0 Å². The van der Waals surface area contributed by atoms with E-state index >= 15 is 0 Å². The highest BCUT2D eigenvalue weighted by atomic mass is 31.2. The molecule has 9 heteroatoms. The number of methoxy groups -OCH3 is 1. The molecule has 0 aliphatic rings. The number of phosphoric acid groups is 1. The van der Waals surface area contributed by atoms with E-state index in [2.05, 4.69) is 0 Å². The smallest absolute Gasteiger partial charge is 0.496 e. The molecule has 0 saturated heterocycles. The van der Waals surface area contributed by atoms with Gasteiger partial charge in [-0.3, -0.25) is 9.79 Å². The number of aliphatic hydroxyl groups excluding tert-OH is 2. The summed E-state index contributed by atoms with van der Waals surface area (Å²) in [4.78, 5) is 18.2. The molecule has 2 rings (SSSR count). The van der Waals surface area contributed by atoms with Gasteiger partial charge in [0, 0.05) is 5.56 Å². The van der Waals surface area contributed by atoms with Crippen molar-refractivity contribution >= 4 is 20.0 Å². The third-order valence-corrected chi connectivity index (χ3v) is 4.26. The van der Waals surface area contributed by atoms with Gasteiger partial charge in [-0.1, -0.05) is 18.2 Å². The van der Waals surface area contributed by atoms with Crippen LogP contribution in [-0.2, 0) is 17.8 Å². The van der Waals surface area contributed by atoms with E-state index in [0.717, 1.165) is 0 Å². The summed E-state index contributed by atoms with van der Waals surface area (Å²) in [5.74, 6) is 0.604. The molecule has 4 N–H and O–H groups in total. The van der Waals surface area contributed by atoms with Gasteiger partial charge >= 0.3 is 7.82 Å². The van der Waals surface area contributed by atoms with Crippen molar-refractivity contribution in [1.29, 1.82) is 0 Å². The van der Waals surface area contributed by atoms with Gasteiger partial charge in [0.2, 0.25) is 0 Å². The van der Waals surface area contributed by atoms with Gasteiger partial charge < -0.3 is 24.2 Å². The van der Waals surface area contributed by atoms with Gasteiger partial charge in [0.25, 0.3) is 0 Å². The molecule has 0 saturated carbocycles. The molecule has 0 aromatic heterocycles. The molecule has 2 aromatic carbocycles. The maximum atomic E-state index is 11.2. The first-order valence-electron chi connectivity index (χ1n) is 8.42. The molecule has 152 valence electrons. The fourth-order valence-corrected chi connectivity index (χ4v) is 3.02. The fourth-order valence-electron chi connectivity index (χ4n) is 2.62. The average molecular weight is 410 g/mol. The molecule has 8 nitrogen and oxygen atoms in total. The second-order valence-electron chi connectivity index (χ2n) is 5.73. The number of benzene rings is 2. The summed E-state index contributed by atoms with van der Waals surface area (Å²) in [6.45, 7) is 1.55. The van der Waals surface area contributed by atoms with Crippen molar-refractivity contribution in [3.8, 4) is 17.2 Å². The minimum Gasteiger partial charge on any atom is -0.496 e. The Kier molecular flexibility index (Phi) is 7.62. The van der Waals surface area contributed by atoms with Crippen LogP contribution < -0.4 is 14.0 Å². The highest BCUT2D eigenvalue weighted by Crippen LogP contribution is 2.42. The lowest BCUT2D eigenvalue weighted by atomic mass is 10.0. The summed E-state index contributed by atoms with van der Waals surface area (Å²) >= 11 is 0. The minimum atomic E-state index is -4.74. The van der Waals surface area contributed by atoms with E-state index in [1.807, 2.05) is 0 Å². The quantitative estimate of drug-likeness (QED) is 0.367. The van der Waals surface area contributed by atoms with Crippen molar-refractivity contribution in [1.82, 2.24) is 0 Å². The van der Waals surface area contributed by atoms with Crippen molar-refractivity contribution in [3.63, 3.8) is 0 Å². The van der Waals surface area contributed by atoms with E-state index in [9.17, 15) is 14.8 Å². The molecular formula is C19H23O8P. The zero-order valence-corrected chi connectivity index (χ0v) is 16.4. The topological polar surface area (TPSA) is 126 Å². The Bertz CT molecular complexity index is 862. The summed E-state index contributed by atoms with van der Waals surface area (Å²) in [6, 6.07) is 8.14. The molecule has 2 aromatic rings. The lowest BCUT2D eigenvalue weighted by molar-refractivity contribution is 0.254. The normalized spacial score (nSPS) is 11.6. The average Bonchev–Trinajstić information content (AvgIpc) is 2.66. The Hall–Kier alpha value is -2.35. The van der Waals surface area contributed by atoms with Crippen LogP contribution in [-0.4, -0.2) is 33.7 Å². The Morgan fingerprint density at radius 2 is 1.64 bits per heavy atom. The largest absolute Gasteiger partial charge is 0.524 e. The maximum absolute atomic E-state index is 11.2. The Balaban J connectivity index is 2.38. The summed E-state index contributed by atoms with van der Waals surface area (Å²) in [5.41, 5.74) is 2.38. The Morgan fingerprint density at radius 3 is 2.21 bits per heavy atom. The third-order valence-electron chi connectivity index (χ3n) is 3.83. The molecule has 0 radical (unpaired) electrons. The number of ether oxygens (including phenoxy) is 2. The van der Waals surface area contributed by atoms with Crippen molar-refractivity contribution in [3.05, 3.63) is 52.6 Å². The molecule has 28 heavy (non-hydrogen) atoms. The van der Waals surface area contributed by atoms with Gasteiger partial charge in [-0.15, -0.1) is 0 Å². The van der Waals surface area contributed by atoms with Crippen LogP contribution in [0.5, 0.6) is 17.2 Å². The standard InChI is InChI=1S/C19H23O8P/c1-3-26-17-7-6-13(9-19(17)27-28(22,23)24)4-5-14-8-15(11-20)16(12-21)18(10-14)25-2/h4-10,20-21H,3,11-12H2,1-2H3,(H2,22,23,24). The number of hydrogen-bond donors (Lipinski definition) is 4. The van der Waals surface area contributed by atoms with Crippen LogP contribution in [0, 0.1) is 0 Å². The zero-order chi connectivity index (χ0) is 20.7. The first-order valence-corrected chi connectivity index (χ1v) is 9.95.